The largest absolute Gasteiger partial charge is 0.490 e. The molecule has 0 bridgehead atoms. The van der Waals surface area contributed by atoms with Crippen LogP contribution in [0.3, 0.4) is 0 Å². The van der Waals surface area contributed by atoms with Crippen molar-refractivity contribution in [1.82, 2.24) is 5.43 Å². The Morgan fingerprint density at radius 2 is 1.67 bits per heavy atom. The van der Waals surface area contributed by atoms with Crippen LogP contribution in [0.5, 0.6) is 11.5 Å². The summed E-state index contributed by atoms with van der Waals surface area (Å²) in [7, 11) is 0. The van der Waals surface area contributed by atoms with Gasteiger partial charge < -0.3 is 9.47 Å². The lowest BCUT2D eigenvalue weighted by molar-refractivity contribution is 0.0955. The van der Waals surface area contributed by atoms with Gasteiger partial charge in [-0.05, 0) is 71.5 Å². The number of hydrogen-bond donors (Lipinski definition) is 1. The first-order valence-corrected chi connectivity index (χ1v) is 11.2. The molecule has 172 valence electrons. The van der Waals surface area contributed by atoms with Crippen molar-refractivity contribution in [3.8, 4) is 11.5 Å². The molecule has 1 amide bonds. The third-order valence-corrected chi connectivity index (χ3v) is 5.22. The summed E-state index contributed by atoms with van der Waals surface area (Å²) in [6, 6.07) is 20.6. The Balaban J connectivity index is 1.63. The van der Waals surface area contributed by atoms with E-state index >= 15 is 0 Å². The zero-order chi connectivity index (χ0) is 23.8. The highest BCUT2D eigenvalue weighted by atomic mass is 35.5. The van der Waals surface area contributed by atoms with Crippen molar-refractivity contribution >= 4 is 23.7 Å². The highest BCUT2D eigenvalue weighted by Gasteiger charge is 2.14. The molecule has 1 N–H and O–H groups in total. The molecule has 0 aliphatic heterocycles. The summed E-state index contributed by atoms with van der Waals surface area (Å²) in [5, 5.41) is 4.77. The van der Waals surface area contributed by atoms with Crippen molar-refractivity contribution in [2.75, 3.05) is 6.61 Å². The molecule has 0 aliphatic carbocycles. The Hall–Kier alpha value is -3.31. The Kier molecular flexibility index (Phi) is 8.12. The van der Waals surface area contributed by atoms with Crippen LogP contribution >= 0.6 is 11.6 Å². The molecule has 0 saturated carbocycles. The maximum atomic E-state index is 12.4. The SMILES string of the molecule is CCOc1cc(/C=N\NC(=O)c2ccc(C(C)(C)C)cc2)ccc1OCc1ccc(Cl)cc1. The number of benzene rings is 3. The first-order chi connectivity index (χ1) is 15.8. The van der Waals surface area contributed by atoms with Crippen LogP contribution in [0.2, 0.25) is 5.02 Å². The number of carbonyl (C=O) groups is 1. The van der Waals surface area contributed by atoms with Gasteiger partial charge in [0.05, 0.1) is 12.8 Å². The van der Waals surface area contributed by atoms with Crippen molar-refractivity contribution < 1.29 is 14.3 Å². The molecule has 0 unspecified atom stereocenters. The Morgan fingerprint density at radius 1 is 0.970 bits per heavy atom. The molecule has 33 heavy (non-hydrogen) atoms. The van der Waals surface area contributed by atoms with Crippen LogP contribution in [0.1, 0.15) is 54.7 Å². The number of carbonyl (C=O) groups excluding carboxylic acids is 1. The molecule has 0 spiro atoms. The monoisotopic (exact) mass is 464 g/mol. The van der Waals surface area contributed by atoms with E-state index in [2.05, 4.69) is 31.3 Å². The summed E-state index contributed by atoms with van der Waals surface area (Å²) in [5.74, 6) is 0.978. The molecule has 0 heterocycles. The van der Waals surface area contributed by atoms with Crippen LogP contribution in [0.4, 0.5) is 0 Å². The summed E-state index contributed by atoms with van der Waals surface area (Å²) in [5.41, 5.74) is 6.12. The number of rotatable bonds is 8. The third kappa shape index (κ3) is 7.09. The second-order valence-corrected chi connectivity index (χ2v) is 9.02. The van der Waals surface area contributed by atoms with Crippen molar-refractivity contribution in [3.05, 3.63) is 94.0 Å². The quantitative estimate of drug-likeness (QED) is 0.311. The van der Waals surface area contributed by atoms with Gasteiger partial charge in [0.1, 0.15) is 6.61 Å². The number of ether oxygens (including phenoxy) is 2. The van der Waals surface area contributed by atoms with Gasteiger partial charge in [-0.3, -0.25) is 4.79 Å². The molecule has 0 aromatic heterocycles. The van der Waals surface area contributed by atoms with Gasteiger partial charge in [0, 0.05) is 10.6 Å². The second kappa shape index (κ2) is 11.0. The van der Waals surface area contributed by atoms with Crippen molar-refractivity contribution in [3.63, 3.8) is 0 Å². The molecule has 3 aromatic carbocycles. The van der Waals surface area contributed by atoms with Crippen LogP contribution in [0.15, 0.2) is 71.8 Å². The number of hydrogen-bond acceptors (Lipinski definition) is 4. The number of amides is 1. The van der Waals surface area contributed by atoms with Crippen LogP contribution < -0.4 is 14.9 Å². The minimum atomic E-state index is -0.264. The normalized spacial score (nSPS) is 11.4. The fourth-order valence-corrected chi connectivity index (χ4v) is 3.21. The van der Waals surface area contributed by atoms with Gasteiger partial charge in [-0.15, -0.1) is 0 Å². The molecular formula is C27H29ClN2O3. The van der Waals surface area contributed by atoms with Crippen LogP contribution in [0.25, 0.3) is 0 Å². The lowest BCUT2D eigenvalue weighted by atomic mass is 9.87. The average molecular weight is 465 g/mol. The van der Waals surface area contributed by atoms with Crippen LogP contribution in [0, 0.1) is 0 Å². The number of nitrogens with zero attached hydrogens (tertiary/aromatic N) is 1. The lowest BCUT2D eigenvalue weighted by Crippen LogP contribution is -2.18. The molecule has 0 saturated heterocycles. The smallest absolute Gasteiger partial charge is 0.271 e. The van der Waals surface area contributed by atoms with Crippen molar-refractivity contribution in [1.29, 1.82) is 0 Å². The second-order valence-electron chi connectivity index (χ2n) is 8.58. The molecule has 0 aliphatic rings. The molecule has 0 atom stereocenters. The number of hydrazone groups is 1. The lowest BCUT2D eigenvalue weighted by Gasteiger charge is -2.18. The molecule has 0 fully saturated rings. The van der Waals surface area contributed by atoms with E-state index in [1.807, 2.05) is 73.7 Å². The fourth-order valence-electron chi connectivity index (χ4n) is 3.09. The predicted octanol–water partition coefficient (Wildman–Crippen LogP) is 6.38. The van der Waals surface area contributed by atoms with Gasteiger partial charge in [-0.25, -0.2) is 5.43 Å². The van der Waals surface area contributed by atoms with Gasteiger partial charge in [-0.2, -0.15) is 5.10 Å². The Labute approximate surface area is 200 Å². The molecule has 3 rings (SSSR count). The fraction of sp³-hybridized carbons (Fsp3) is 0.259. The maximum absolute atomic E-state index is 12.4. The van der Waals surface area contributed by atoms with Gasteiger partial charge in [0.2, 0.25) is 0 Å². The number of nitrogens with one attached hydrogen (secondary N) is 1. The molecule has 5 nitrogen and oxygen atoms in total. The van der Waals surface area contributed by atoms with Gasteiger partial charge in [0.25, 0.3) is 5.91 Å². The average Bonchev–Trinajstić information content (AvgIpc) is 2.79. The first kappa shape index (κ1) is 24.3. The number of halogens is 1. The van der Waals surface area contributed by atoms with E-state index < -0.39 is 0 Å². The standard InChI is InChI=1S/C27H29ClN2O3/c1-5-32-25-16-20(8-15-24(25)33-18-19-6-13-23(28)14-7-19)17-29-30-26(31)21-9-11-22(12-10-21)27(2,3)4/h6-17H,5,18H2,1-4H3,(H,30,31)/b29-17-. The van der Waals surface area contributed by atoms with Gasteiger partial charge in [-0.1, -0.05) is 56.6 Å². The molecule has 0 radical (unpaired) electrons. The Bertz CT molecular complexity index is 1100. The van der Waals surface area contributed by atoms with Crippen molar-refractivity contribution in [2.24, 2.45) is 5.10 Å². The minimum Gasteiger partial charge on any atom is -0.490 e. The molecule has 6 heteroatoms. The third-order valence-electron chi connectivity index (χ3n) is 4.97. The van der Waals surface area contributed by atoms with E-state index in [9.17, 15) is 4.79 Å². The Morgan fingerprint density at radius 3 is 2.30 bits per heavy atom. The van der Waals surface area contributed by atoms with E-state index in [1.54, 1.807) is 6.21 Å². The van der Waals surface area contributed by atoms with E-state index in [1.165, 1.54) is 5.56 Å². The van der Waals surface area contributed by atoms with Gasteiger partial charge in [0.15, 0.2) is 11.5 Å². The molecular weight excluding hydrogens is 436 g/mol. The summed E-state index contributed by atoms with van der Waals surface area (Å²) in [6.45, 7) is 9.22. The summed E-state index contributed by atoms with van der Waals surface area (Å²) >= 11 is 5.93. The zero-order valence-corrected chi connectivity index (χ0v) is 20.1. The predicted molar refractivity (Wildman–Crippen MR) is 134 cm³/mol. The van der Waals surface area contributed by atoms with E-state index in [0.717, 1.165) is 11.1 Å². The highest BCUT2D eigenvalue weighted by molar-refractivity contribution is 6.30. The summed E-state index contributed by atoms with van der Waals surface area (Å²) in [4.78, 5) is 12.4. The van der Waals surface area contributed by atoms with Crippen LogP contribution in [-0.4, -0.2) is 18.7 Å². The van der Waals surface area contributed by atoms with Gasteiger partial charge >= 0.3 is 0 Å². The topological polar surface area (TPSA) is 59.9 Å². The highest BCUT2D eigenvalue weighted by Crippen LogP contribution is 2.29. The minimum absolute atomic E-state index is 0.0378. The zero-order valence-electron chi connectivity index (χ0n) is 19.4. The summed E-state index contributed by atoms with van der Waals surface area (Å²) < 4.78 is 11.6. The van der Waals surface area contributed by atoms with E-state index in [4.69, 9.17) is 21.1 Å². The summed E-state index contributed by atoms with van der Waals surface area (Å²) in [6.07, 6.45) is 1.58. The van der Waals surface area contributed by atoms with E-state index in [-0.39, 0.29) is 11.3 Å². The first-order valence-electron chi connectivity index (χ1n) is 10.8. The van der Waals surface area contributed by atoms with E-state index in [0.29, 0.717) is 35.3 Å². The molecule has 3 aromatic rings. The van der Waals surface area contributed by atoms with Crippen LogP contribution in [-0.2, 0) is 12.0 Å². The van der Waals surface area contributed by atoms with Crippen molar-refractivity contribution in [2.45, 2.75) is 39.7 Å². The maximum Gasteiger partial charge on any atom is 0.271 e.